The molecule has 25 heavy (non-hydrogen) atoms. The van der Waals surface area contributed by atoms with Crippen LogP contribution in [0.1, 0.15) is 5.69 Å². The molecule has 0 aromatic carbocycles. The molecule has 0 unspecified atom stereocenters. The predicted molar refractivity (Wildman–Crippen MR) is 90.8 cm³/mol. The van der Waals surface area contributed by atoms with Crippen molar-refractivity contribution in [1.82, 2.24) is 15.2 Å². The summed E-state index contributed by atoms with van der Waals surface area (Å²) >= 11 is 2.49. The summed E-state index contributed by atoms with van der Waals surface area (Å²) in [6.45, 7) is 0. The van der Waals surface area contributed by atoms with E-state index in [0.717, 1.165) is 16.2 Å². The molecule has 0 radical (unpaired) electrons. The summed E-state index contributed by atoms with van der Waals surface area (Å²) in [5, 5.41) is 16.7. The molecule has 12 heteroatoms. The van der Waals surface area contributed by atoms with Crippen molar-refractivity contribution in [3.05, 3.63) is 22.8 Å². The average Bonchev–Trinajstić information content (AvgIpc) is 3.02. The van der Waals surface area contributed by atoms with E-state index in [1.165, 1.54) is 24.9 Å². The van der Waals surface area contributed by atoms with Gasteiger partial charge in [-0.1, -0.05) is 5.16 Å². The lowest BCUT2D eigenvalue weighted by Gasteiger charge is -2.48. The van der Waals surface area contributed by atoms with E-state index in [4.69, 9.17) is 10.8 Å². The normalized spacial score (nSPS) is 22.6. The Kier molecular flexibility index (Phi) is 4.63. The summed E-state index contributed by atoms with van der Waals surface area (Å²) in [7, 11) is 1.28. The molecule has 10 nitrogen and oxygen atoms in total. The standard InChI is InChI=1S/C13H13N5O5S2/c1-23-17-7(5-4-25-13(14)15-5)9(19)16-8-10(20)18-6(12(21)22)2-3-24-11(8)18/h2,4,8,11H,3H2,1H3,(H2,14,15)(H,16,19)(H,21,22)/b17-7-/t8-,11+/m1/s1. The van der Waals surface area contributed by atoms with Gasteiger partial charge in [0, 0.05) is 11.1 Å². The van der Waals surface area contributed by atoms with Gasteiger partial charge in [0.15, 0.2) is 10.8 Å². The van der Waals surface area contributed by atoms with E-state index in [1.807, 2.05) is 0 Å². The zero-order valence-corrected chi connectivity index (χ0v) is 14.5. The summed E-state index contributed by atoms with van der Waals surface area (Å²) in [5.41, 5.74) is 5.60. The quantitative estimate of drug-likeness (QED) is 0.348. The van der Waals surface area contributed by atoms with Crippen LogP contribution in [0.3, 0.4) is 0 Å². The van der Waals surface area contributed by atoms with Crippen molar-refractivity contribution < 1.29 is 24.3 Å². The van der Waals surface area contributed by atoms with E-state index < -0.39 is 29.2 Å². The molecule has 2 aliphatic rings. The maximum absolute atomic E-state index is 12.5. The number of anilines is 1. The SMILES string of the molecule is CO/N=C(\C(=O)N[C@@H]1C(=O)N2C(C(=O)O)=CCS[C@@H]12)c1csc(N)n1. The number of fused-ring (bicyclic) bond motifs is 1. The van der Waals surface area contributed by atoms with Gasteiger partial charge in [0.2, 0.25) is 0 Å². The van der Waals surface area contributed by atoms with Crippen molar-refractivity contribution >= 4 is 51.7 Å². The molecule has 2 aliphatic heterocycles. The third-order valence-electron chi connectivity index (χ3n) is 3.51. The lowest BCUT2D eigenvalue weighted by molar-refractivity contribution is -0.150. The zero-order chi connectivity index (χ0) is 18.1. The number of oxime groups is 1. The van der Waals surface area contributed by atoms with Crippen molar-refractivity contribution in [1.29, 1.82) is 0 Å². The van der Waals surface area contributed by atoms with Crippen LogP contribution < -0.4 is 11.1 Å². The number of aliphatic carboxylic acids is 1. The number of nitrogens with two attached hydrogens (primary N) is 1. The Hall–Kier alpha value is -2.60. The first-order valence-electron chi connectivity index (χ1n) is 6.95. The highest BCUT2D eigenvalue weighted by atomic mass is 32.2. The Bertz CT molecular complexity index is 804. The molecule has 0 aliphatic carbocycles. The minimum Gasteiger partial charge on any atom is -0.477 e. The van der Waals surface area contributed by atoms with Gasteiger partial charge < -0.3 is 21.0 Å². The Morgan fingerprint density at radius 3 is 2.92 bits per heavy atom. The van der Waals surface area contributed by atoms with Crippen LogP contribution >= 0.6 is 23.1 Å². The highest BCUT2D eigenvalue weighted by molar-refractivity contribution is 8.00. The number of rotatable bonds is 5. The second-order valence-electron chi connectivity index (χ2n) is 4.97. The number of nitrogens with zero attached hydrogens (tertiary/aromatic N) is 3. The van der Waals surface area contributed by atoms with Crippen molar-refractivity contribution in [2.75, 3.05) is 18.6 Å². The molecule has 2 amide bonds. The predicted octanol–water partition coefficient (Wildman–Crippen LogP) is -0.556. The van der Waals surface area contributed by atoms with E-state index in [0.29, 0.717) is 5.75 Å². The van der Waals surface area contributed by atoms with Gasteiger partial charge in [-0.2, -0.15) is 0 Å². The first kappa shape index (κ1) is 17.2. The Morgan fingerprint density at radius 2 is 2.32 bits per heavy atom. The third-order valence-corrected chi connectivity index (χ3v) is 5.37. The molecule has 0 spiro atoms. The van der Waals surface area contributed by atoms with Crippen LogP contribution in [0.5, 0.6) is 0 Å². The van der Waals surface area contributed by atoms with Crippen molar-refractivity contribution in [2.24, 2.45) is 5.16 Å². The number of amides is 2. The molecule has 1 aromatic rings. The van der Waals surface area contributed by atoms with E-state index in [2.05, 4.69) is 20.3 Å². The summed E-state index contributed by atoms with van der Waals surface area (Å²) < 4.78 is 0. The highest BCUT2D eigenvalue weighted by Crippen LogP contribution is 2.37. The van der Waals surface area contributed by atoms with Gasteiger partial charge in [0.1, 0.15) is 29.9 Å². The zero-order valence-electron chi connectivity index (χ0n) is 12.8. The number of carbonyl (C=O) groups excluding carboxylic acids is 2. The maximum atomic E-state index is 12.5. The molecule has 1 fully saturated rings. The second kappa shape index (κ2) is 6.72. The number of hydrogen-bond acceptors (Lipinski definition) is 9. The van der Waals surface area contributed by atoms with Gasteiger partial charge in [-0.15, -0.1) is 23.1 Å². The number of nitrogen functional groups attached to an aromatic ring is 1. The van der Waals surface area contributed by atoms with Gasteiger partial charge in [-0.05, 0) is 6.08 Å². The van der Waals surface area contributed by atoms with Gasteiger partial charge in [0.05, 0.1) is 0 Å². The first-order valence-corrected chi connectivity index (χ1v) is 8.88. The number of thiazole rings is 1. The van der Waals surface area contributed by atoms with E-state index in [1.54, 1.807) is 5.38 Å². The van der Waals surface area contributed by atoms with E-state index in [-0.39, 0.29) is 22.2 Å². The van der Waals surface area contributed by atoms with Crippen LogP contribution in [0, 0.1) is 0 Å². The van der Waals surface area contributed by atoms with Gasteiger partial charge >= 0.3 is 5.97 Å². The number of carbonyl (C=O) groups is 3. The minimum atomic E-state index is -1.18. The summed E-state index contributed by atoms with van der Waals surface area (Å²) in [4.78, 5) is 45.7. The topological polar surface area (TPSA) is 147 Å². The number of carboxylic acid groups (broad SMARTS) is 1. The Balaban J connectivity index is 1.75. The second-order valence-corrected chi connectivity index (χ2v) is 7.01. The van der Waals surface area contributed by atoms with Crippen molar-refractivity contribution in [3.63, 3.8) is 0 Å². The fraction of sp³-hybridized carbons (Fsp3) is 0.308. The number of β-lactam (4-membered cyclic amide) rings is 1. The van der Waals surface area contributed by atoms with Crippen LogP contribution in [-0.4, -0.2) is 62.8 Å². The number of aromatic nitrogens is 1. The lowest BCUT2D eigenvalue weighted by Crippen LogP contribution is -2.70. The fourth-order valence-corrected chi connectivity index (χ4v) is 4.18. The molecule has 3 rings (SSSR count). The maximum Gasteiger partial charge on any atom is 0.352 e. The van der Waals surface area contributed by atoms with E-state index in [9.17, 15) is 14.4 Å². The first-order chi connectivity index (χ1) is 11.9. The smallest absolute Gasteiger partial charge is 0.352 e. The molecular weight excluding hydrogens is 370 g/mol. The summed E-state index contributed by atoms with van der Waals surface area (Å²) in [6.07, 6.45) is 1.47. The number of carboxylic acids is 1. The van der Waals surface area contributed by atoms with Crippen LogP contribution in [0.25, 0.3) is 0 Å². The number of hydrogen-bond donors (Lipinski definition) is 3. The minimum absolute atomic E-state index is 0.0719. The van der Waals surface area contributed by atoms with Gasteiger partial charge in [0.25, 0.3) is 11.8 Å². The summed E-state index contributed by atoms with van der Waals surface area (Å²) in [6, 6.07) is -0.849. The Morgan fingerprint density at radius 1 is 1.56 bits per heavy atom. The Labute approximate surface area is 149 Å². The molecule has 1 saturated heterocycles. The van der Waals surface area contributed by atoms with Crippen LogP contribution in [0.4, 0.5) is 5.13 Å². The van der Waals surface area contributed by atoms with Gasteiger partial charge in [-0.3, -0.25) is 14.5 Å². The number of nitrogens with one attached hydrogen (secondary N) is 1. The molecule has 0 saturated carbocycles. The molecule has 4 N–H and O–H groups in total. The third kappa shape index (κ3) is 3.05. The van der Waals surface area contributed by atoms with Gasteiger partial charge in [-0.25, -0.2) is 9.78 Å². The molecule has 1 aromatic heterocycles. The number of thioether (sulfide) groups is 1. The summed E-state index contributed by atoms with van der Waals surface area (Å²) in [5.74, 6) is -1.89. The fourth-order valence-electron chi connectivity index (χ4n) is 2.44. The van der Waals surface area contributed by atoms with Crippen LogP contribution in [0.15, 0.2) is 22.3 Å². The van der Waals surface area contributed by atoms with E-state index >= 15 is 0 Å². The van der Waals surface area contributed by atoms with Crippen molar-refractivity contribution in [3.8, 4) is 0 Å². The molecule has 3 heterocycles. The lowest BCUT2D eigenvalue weighted by atomic mass is 10.0. The largest absolute Gasteiger partial charge is 0.477 e. The monoisotopic (exact) mass is 383 g/mol. The van der Waals surface area contributed by atoms with Crippen LogP contribution in [-0.2, 0) is 19.2 Å². The molecule has 0 bridgehead atoms. The van der Waals surface area contributed by atoms with Crippen molar-refractivity contribution in [2.45, 2.75) is 11.4 Å². The molecule has 2 atom stereocenters. The molecular formula is C13H13N5O5S2. The molecule has 132 valence electrons. The van der Waals surface area contributed by atoms with Crippen LogP contribution in [0.2, 0.25) is 0 Å². The average molecular weight is 383 g/mol. The highest BCUT2D eigenvalue weighted by Gasteiger charge is 2.53.